The van der Waals surface area contributed by atoms with Gasteiger partial charge in [-0.2, -0.15) is 0 Å². The van der Waals surface area contributed by atoms with Crippen LogP contribution in [-0.4, -0.2) is 16.0 Å². The van der Waals surface area contributed by atoms with Crippen LogP contribution in [0.1, 0.15) is 48.4 Å². The summed E-state index contributed by atoms with van der Waals surface area (Å²) < 4.78 is 0. The lowest BCUT2D eigenvalue weighted by molar-refractivity contribution is 0.0626. The van der Waals surface area contributed by atoms with Gasteiger partial charge in [-0.3, -0.25) is 9.69 Å². The molecule has 1 unspecified atom stereocenters. The van der Waals surface area contributed by atoms with E-state index in [1.54, 1.807) is 4.90 Å². The molecule has 0 bridgehead atoms. The summed E-state index contributed by atoms with van der Waals surface area (Å²) in [6.45, 7) is 6.54. The number of nitrogens with one attached hydrogen (secondary N) is 1. The summed E-state index contributed by atoms with van der Waals surface area (Å²) in [6.07, 6.45) is -0.560. The largest absolute Gasteiger partial charge is 0.388 e. The van der Waals surface area contributed by atoms with Gasteiger partial charge in [0.15, 0.2) is 0 Å². The van der Waals surface area contributed by atoms with E-state index >= 15 is 0 Å². The zero-order valence-electron chi connectivity index (χ0n) is 14.7. The maximum Gasteiger partial charge on any atom is 0.260 e. The molecule has 1 aliphatic rings. The molecule has 2 heterocycles. The molecular formula is C21H22N2O2. The number of hydrogen-bond donors (Lipinski definition) is 2. The second kappa shape index (κ2) is 5.46. The number of hydrogen-bond acceptors (Lipinski definition) is 2. The van der Waals surface area contributed by atoms with Crippen LogP contribution >= 0.6 is 0 Å². The summed E-state index contributed by atoms with van der Waals surface area (Å²) in [5, 5.41) is 11.6. The highest BCUT2D eigenvalue weighted by atomic mass is 16.3. The molecular weight excluding hydrogens is 312 g/mol. The average molecular weight is 334 g/mol. The Morgan fingerprint density at radius 2 is 1.88 bits per heavy atom. The number of H-pyrrole nitrogens is 1. The molecule has 128 valence electrons. The van der Waals surface area contributed by atoms with Crippen molar-refractivity contribution in [1.29, 1.82) is 0 Å². The van der Waals surface area contributed by atoms with E-state index < -0.39 is 6.10 Å². The van der Waals surface area contributed by atoms with Crippen LogP contribution in [0.3, 0.4) is 0 Å². The normalized spacial score (nSPS) is 15.7. The van der Waals surface area contributed by atoms with E-state index in [1.165, 1.54) is 0 Å². The molecule has 0 saturated carbocycles. The third-order valence-electron chi connectivity index (χ3n) is 4.88. The van der Waals surface area contributed by atoms with Gasteiger partial charge in [0.05, 0.1) is 12.6 Å². The summed E-state index contributed by atoms with van der Waals surface area (Å²) in [5.74, 6) is 0.804. The summed E-state index contributed by atoms with van der Waals surface area (Å²) in [7, 11) is 0. The van der Waals surface area contributed by atoms with E-state index in [1.807, 2.05) is 69.3 Å². The number of fused-ring (bicyclic) bond motifs is 2. The van der Waals surface area contributed by atoms with Crippen molar-refractivity contribution in [3.63, 3.8) is 0 Å². The molecule has 0 fully saturated rings. The maximum atomic E-state index is 12.8. The average Bonchev–Trinajstić information content (AvgIpc) is 3.14. The van der Waals surface area contributed by atoms with E-state index in [0.29, 0.717) is 12.1 Å². The molecule has 4 rings (SSSR count). The van der Waals surface area contributed by atoms with Gasteiger partial charge in [0.2, 0.25) is 0 Å². The lowest BCUT2D eigenvalue weighted by Gasteiger charge is -2.26. The molecule has 4 nitrogen and oxygen atoms in total. The summed E-state index contributed by atoms with van der Waals surface area (Å²) in [5.41, 5.74) is 3.31. The minimum Gasteiger partial charge on any atom is -0.388 e. The van der Waals surface area contributed by atoms with Gasteiger partial charge < -0.3 is 10.1 Å². The van der Waals surface area contributed by atoms with Gasteiger partial charge in [-0.25, -0.2) is 0 Å². The summed E-state index contributed by atoms with van der Waals surface area (Å²) in [4.78, 5) is 17.9. The Morgan fingerprint density at radius 1 is 1.12 bits per heavy atom. The Balaban J connectivity index is 1.69. The van der Waals surface area contributed by atoms with Crippen molar-refractivity contribution in [3.05, 3.63) is 65.2 Å². The second-order valence-corrected chi connectivity index (χ2v) is 7.82. The number of nitrogens with zero attached hydrogens (tertiary/aromatic N) is 1. The van der Waals surface area contributed by atoms with Gasteiger partial charge in [-0.05, 0) is 34.7 Å². The molecule has 25 heavy (non-hydrogen) atoms. The molecule has 4 heteroatoms. The molecule has 2 N–H and O–H groups in total. The quantitative estimate of drug-likeness (QED) is 0.729. The molecule has 1 aromatic heterocycles. The Labute approximate surface area is 147 Å². The van der Waals surface area contributed by atoms with Gasteiger partial charge in [-0.1, -0.05) is 51.1 Å². The third kappa shape index (κ3) is 2.63. The first-order valence-electron chi connectivity index (χ1n) is 8.55. The van der Waals surface area contributed by atoms with E-state index in [2.05, 4.69) is 4.98 Å². The Bertz CT molecular complexity index is 932. The Hall–Kier alpha value is -2.59. The third-order valence-corrected chi connectivity index (χ3v) is 4.88. The number of benzene rings is 2. The monoisotopic (exact) mass is 334 g/mol. The van der Waals surface area contributed by atoms with Gasteiger partial charge in [0.1, 0.15) is 5.82 Å². The van der Waals surface area contributed by atoms with E-state index in [4.69, 9.17) is 0 Å². The standard InChI is InChI=1S/C21H22N2O2/c1-21(2,3)19(24)14-8-9-16-15(10-14)12-23(20(16)25)18-11-13-6-4-5-7-17(13)22-18/h4-11,19,22,24H,12H2,1-3H3. The first-order chi connectivity index (χ1) is 11.8. The molecule has 1 atom stereocenters. The van der Waals surface area contributed by atoms with Crippen molar-refractivity contribution >= 4 is 22.6 Å². The fourth-order valence-electron chi connectivity index (χ4n) is 3.41. The first kappa shape index (κ1) is 15.9. The molecule has 0 saturated heterocycles. The molecule has 1 aliphatic heterocycles. The lowest BCUT2D eigenvalue weighted by atomic mass is 9.84. The number of amides is 1. The van der Waals surface area contributed by atoms with E-state index in [-0.39, 0.29) is 11.3 Å². The molecule has 2 aromatic carbocycles. The number of anilines is 1. The number of carbonyl (C=O) groups is 1. The number of carbonyl (C=O) groups excluding carboxylic acids is 1. The van der Waals surface area contributed by atoms with Crippen LogP contribution in [0, 0.1) is 5.41 Å². The van der Waals surface area contributed by atoms with Crippen LogP contribution in [0.4, 0.5) is 5.82 Å². The highest BCUT2D eigenvalue weighted by Gasteiger charge is 2.31. The van der Waals surface area contributed by atoms with Crippen molar-refractivity contribution < 1.29 is 9.90 Å². The highest BCUT2D eigenvalue weighted by Crippen LogP contribution is 2.36. The predicted molar refractivity (Wildman–Crippen MR) is 99.7 cm³/mol. The molecule has 0 radical (unpaired) electrons. The fourth-order valence-corrected chi connectivity index (χ4v) is 3.41. The topological polar surface area (TPSA) is 56.3 Å². The van der Waals surface area contributed by atoms with Crippen LogP contribution < -0.4 is 4.90 Å². The number of aliphatic hydroxyl groups excluding tert-OH is 1. The number of aromatic nitrogens is 1. The minimum absolute atomic E-state index is 0.00152. The van der Waals surface area contributed by atoms with Crippen LogP contribution in [0.5, 0.6) is 0 Å². The van der Waals surface area contributed by atoms with Crippen LogP contribution in [0.15, 0.2) is 48.5 Å². The van der Waals surface area contributed by atoms with Crippen molar-refractivity contribution in [2.24, 2.45) is 5.41 Å². The number of para-hydroxylation sites is 1. The number of rotatable bonds is 2. The number of aromatic amines is 1. The lowest BCUT2D eigenvalue weighted by Crippen LogP contribution is -2.23. The zero-order chi connectivity index (χ0) is 17.8. The molecule has 3 aromatic rings. The van der Waals surface area contributed by atoms with Gasteiger partial charge >= 0.3 is 0 Å². The maximum absolute atomic E-state index is 12.8. The fraction of sp³-hybridized carbons (Fsp3) is 0.286. The second-order valence-electron chi connectivity index (χ2n) is 7.82. The van der Waals surface area contributed by atoms with Crippen molar-refractivity contribution in [2.75, 3.05) is 4.90 Å². The summed E-state index contributed by atoms with van der Waals surface area (Å²) >= 11 is 0. The van der Waals surface area contributed by atoms with Crippen LogP contribution in [-0.2, 0) is 6.54 Å². The van der Waals surface area contributed by atoms with E-state index in [9.17, 15) is 9.90 Å². The zero-order valence-corrected chi connectivity index (χ0v) is 14.7. The SMILES string of the molecule is CC(C)(C)C(O)c1ccc2c(c1)CN(c1cc3ccccc3[nH]1)C2=O. The minimum atomic E-state index is -0.560. The Morgan fingerprint density at radius 3 is 2.60 bits per heavy atom. The summed E-state index contributed by atoms with van der Waals surface area (Å²) in [6, 6.07) is 15.7. The van der Waals surface area contributed by atoms with Crippen molar-refractivity contribution in [3.8, 4) is 0 Å². The predicted octanol–water partition coefficient (Wildman–Crippen LogP) is 4.41. The Kier molecular flexibility index (Phi) is 3.48. The highest BCUT2D eigenvalue weighted by molar-refractivity contribution is 6.10. The van der Waals surface area contributed by atoms with Crippen LogP contribution in [0.2, 0.25) is 0 Å². The van der Waals surface area contributed by atoms with Crippen LogP contribution in [0.25, 0.3) is 10.9 Å². The van der Waals surface area contributed by atoms with E-state index in [0.717, 1.165) is 27.8 Å². The molecule has 0 spiro atoms. The van der Waals surface area contributed by atoms with Gasteiger partial charge in [0.25, 0.3) is 5.91 Å². The number of aliphatic hydroxyl groups is 1. The van der Waals surface area contributed by atoms with Gasteiger partial charge in [-0.15, -0.1) is 0 Å². The molecule has 0 aliphatic carbocycles. The van der Waals surface area contributed by atoms with Gasteiger partial charge in [0, 0.05) is 16.5 Å². The van der Waals surface area contributed by atoms with Crippen molar-refractivity contribution in [1.82, 2.24) is 4.98 Å². The molecule has 1 amide bonds. The smallest absolute Gasteiger partial charge is 0.260 e. The first-order valence-corrected chi connectivity index (χ1v) is 8.55. The van der Waals surface area contributed by atoms with Crippen molar-refractivity contribution in [2.45, 2.75) is 33.4 Å².